The summed E-state index contributed by atoms with van der Waals surface area (Å²) in [6.07, 6.45) is 0.659. The minimum absolute atomic E-state index is 0.251. The molecule has 1 aromatic carbocycles. The normalized spacial score (nSPS) is 10.9. The molecule has 6 nitrogen and oxygen atoms in total. The fraction of sp³-hybridized carbons (Fsp3) is 0.333. The van der Waals surface area contributed by atoms with E-state index in [1.807, 2.05) is 32.0 Å². The number of ether oxygens (including phenoxy) is 1. The van der Waals surface area contributed by atoms with Crippen molar-refractivity contribution in [3.05, 3.63) is 68.8 Å². The highest BCUT2D eigenvalue weighted by Gasteiger charge is 2.13. The van der Waals surface area contributed by atoms with Gasteiger partial charge in [0.25, 0.3) is 5.91 Å². The van der Waals surface area contributed by atoms with Crippen LogP contribution in [0.1, 0.15) is 39.6 Å². The van der Waals surface area contributed by atoms with Crippen LogP contribution in [0.3, 0.4) is 0 Å². The Morgan fingerprint density at radius 1 is 1.21 bits per heavy atom. The van der Waals surface area contributed by atoms with Gasteiger partial charge < -0.3 is 14.5 Å². The van der Waals surface area contributed by atoms with Gasteiger partial charge in [0.05, 0.1) is 5.69 Å². The first kappa shape index (κ1) is 21.3. The maximum atomic E-state index is 12.3. The van der Waals surface area contributed by atoms with E-state index in [4.69, 9.17) is 32.4 Å². The summed E-state index contributed by atoms with van der Waals surface area (Å²) in [6.45, 7) is 7.07. The van der Waals surface area contributed by atoms with Crippen LogP contribution >= 0.6 is 23.2 Å². The SMILES string of the molecule is Cc1ccc(C)c(OCc2ccc(C(=O)NCCCn3nc(C)c(Cl)c3Cl)o2)c1. The van der Waals surface area contributed by atoms with Crippen LogP contribution in [-0.2, 0) is 13.2 Å². The van der Waals surface area contributed by atoms with Gasteiger partial charge in [-0.1, -0.05) is 35.3 Å². The van der Waals surface area contributed by atoms with Crippen molar-refractivity contribution in [2.75, 3.05) is 6.54 Å². The number of carbonyl (C=O) groups is 1. The molecule has 0 spiro atoms. The van der Waals surface area contributed by atoms with Crippen LogP contribution in [0, 0.1) is 20.8 Å². The fourth-order valence-electron chi connectivity index (χ4n) is 2.79. The van der Waals surface area contributed by atoms with Crippen LogP contribution in [0.5, 0.6) is 5.75 Å². The Kier molecular flexibility index (Phi) is 6.87. The molecular formula is C21H23Cl2N3O3. The Labute approximate surface area is 179 Å². The number of furan rings is 1. The van der Waals surface area contributed by atoms with E-state index in [9.17, 15) is 4.79 Å². The smallest absolute Gasteiger partial charge is 0.286 e. The Morgan fingerprint density at radius 3 is 2.72 bits per heavy atom. The number of halogens is 2. The van der Waals surface area contributed by atoms with Gasteiger partial charge in [-0.3, -0.25) is 9.48 Å². The summed E-state index contributed by atoms with van der Waals surface area (Å²) in [5.41, 5.74) is 2.86. The first-order chi connectivity index (χ1) is 13.8. The van der Waals surface area contributed by atoms with Gasteiger partial charge >= 0.3 is 0 Å². The molecule has 0 saturated heterocycles. The quantitative estimate of drug-likeness (QED) is 0.499. The molecule has 0 unspecified atom stereocenters. The summed E-state index contributed by atoms with van der Waals surface area (Å²) in [4.78, 5) is 12.3. The molecule has 8 heteroatoms. The highest BCUT2D eigenvalue weighted by molar-refractivity contribution is 6.41. The molecule has 0 atom stereocenters. The number of aromatic nitrogens is 2. The number of hydrogen-bond donors (Lipinski definition) is 1. The van der Waals surface area contributed by atoms with E-state index in [-0.39, 0.29) is 18.3 Å². The van der Waals surface area contributed by atoms with Crippen molar-refractivity contribution in [1.29, 1.82) is 0 Å². The van der Waals surface area contributed by atoms with Crippen LogP contribution in [0.15, 0.2) is 34.7 Å². The third-order valence-corrected chi connectivity index (χ3v) is 5.36. The summed E-state index contributed by atoms with van der Waals surface area (Å²) in [5, 5.41) is 7.95. The zero-order valence-corrected chi connectivity index (χ0v) is 18.1. The Balaban J connectivity index is 1.46. The van der Waals surface area contributed by atoms with Gasteiger partial charge in [0.2, 0.25) is 0 Å². The molecule has 154 valence electrons. The zero-order valence-electron chi connectivity index (χ0n) is 16.6. The lowest BCUT2D eigenvalue weighted by Crippen LogP contribution is -2.25. The number of benzene rings is 1. The van der Waals surface area contributed by atoms with E-state index in [1.165, 1.54) is 0 Å². The fourth-order valence-corrected chi connectivity index (χ4v) is 3.18. The van der Waals surface area contributed by atoms with Gasteiger partial charge in [-0.2, -0.15) is 5.10 Å². The highest BCUT2D eigenvalue weighted by atomic mass is 35.5. The van der Waals surface area contributed by atoms with Gasteiger partial charge in [-0.15, -0.1) is 0 Å². The molecule has 3 aromatic rings. The predicted octanol–water partition coefficient (Wildman–Crippen LogP) is 5.11. The van der Waals surface area contributed by atoms with Crippen LogP contribution < -0.4 is 10.1 Å². The molecule has 0 aliphatic heterocycles. The van der Waals surface area contributed by atoms with E-state index >= 15 is 0 Å². The van der Waals surface area contributed by atoms with Crippen molar-refractivity contribution in [1.82, 2.24) is 15.1 Å². The molecule has 29 heavy (non-hydrogen) atoms. The molecule has 0 aliphatic carbocycles. The van der Waals surface area contributed by atoms with Crippen molar-refractivity contribution in [3.63, 3.8) is 0 Å². The lowest BCUT2D eigenvalue weighted by Gasteiger charge is -2.08. The van der Waals surface area contributed by atoms with Gasteiger partial charge in [0.1, 0.15) is 28.3 Å². The lowest BCUT2D eigenvalue weighted by atomic mass is 10.1. The number of aryl methyl sites for hydroxylation is 4. The molecule has 0 fully saturated rings. The Morgan fingerprint density at radius 2 is 2.00 bits per heavy atom. The minimum Gasteiger partial charge on any atom is -0.485 e. The Bertz CT molecular complexity index is 1010. The second-order valence-corrected chi connectivity index (χ2v) is 7.58. The number of hydrogen-bond acceptors (Lipinski definition) is 4. The first-order valence-electron chi connectivity index (χ1n) is 9.30. The number of amides is 1. The van der Waals surface area contributed by atoms with Gasteiger partial charge in [-0.05, 0) is 56.5 Å². The second kappa shape index (κ2) is 9.37. The van der Waals surface area contributed by atoms with E-state index in [0.29, 0.717) is 41.1 Å². The molecule has 0 bridgehead atoms. The van der Waals surface area contributed by atoms with Crippen LogP contribution in [0.4, 0.5) is 0 Å². The second-order valence-electron chi connectivity index (χ2n) is 6.85. The minimum atomic E-state index is -0.274. The zero-order chi connectivity index (χ0) is 21.0. The molecule has 1 amide bonds. The van der Waals surface area contributed by atoms with E-state index < -0.39 is 0 Å². The van der Waals surface area contributed by atoms with Crippen LogP contribution in [-0.4, -0.2) is 22.2 Å². The number of nitrogens with one attached hydrogen (secondary N) is 1. The van der Waals surface area contributed by atoms with Gasteiger partial charge in [0.15, 0.2) is 5.76 Å². The van der Waals surface area contributed by atoms with Crippen LogP contribution in [0.2, 0.25) is 10.2 Å². The standard InChI is InChI=1S/C21H23Cl2N3O3/c1-13-5-6-14(2)18(11-13)28-12-16-7-8-17(29-16)21(27)24-9-4-10-26-20(23)19(22)15(3)25-26/h5-8,11H,4,9-10,12H2,1-3H3,(H,24,27). The maximum Gasteiger partial charge on any atom is 0.286 e. The van der Waals surface area contributed by atoms with Gasteiger partial charge in [0, 0.05) is 13.1 Å². The van der Waals surface area contributed by atoms with E-state index in [0.717, 1.165) is 16.9 Å². The molecule has 2 aromatic heterocycles. The molecule has 1 N–H and O–H groups in total. The summed E-state index contributed by atoms with van der Waals surface area (Å²) < 4.78 is 13.0. The third-order valence-electron chi connectivity index (χ3n) is 4.43. The molecule has 0 aliphatic rings. The summed E-state index contributed by atoms with van der Waals surface area (Å²) in [5.74, 6) is 1.37. The number of carbonyl (C=O) groups excluding carboxylic acids is 1. The van der Waals surface area contributed by atoms with Crippen molar-refractivity contribution < 1.29 is 13.9 Å². The molecule has 0 saturated carbocycles. The average Bonchev–Trinajstić information content (AvgIpc) is 3.27. The molecule has 3 rings (SSSR count). The molecular weight excluding hydrogens is 413 g/mol. The number of nitrogens with zero attached hydrogens (tertiary/aromatic N) is 2. The molecule has 2 heterocycles. The van der Waals surface area contributed by atoms with E-state index in [2.05, 4.69) is 10.4 Å². The number of rotatable bonds is 8. The predicted molar refractivity (Wildman–Crippen MR) is 113 cm³/mol. The summed E-state index contributed by atoms with van der Waals surface area (Å²) >= 11 is 12.1. The largest absolute Gasteiger partial charge is 0.485 e. The average molecular weight is 436 g/mol. The lowest BCUT2D eigenvalue weighted by molar-refractivity contribution is 0.0920. The van der Waals surface area contributed by atoms with Crippen molar-refractivity contribution in [2.24, 2.45) is 0 Å². The third kappa shape index (κ3) is 5.34. The van der Waals surface area contributed by atoms with Crippen molar-refractivity contribution >= 4 is 29.1 Å². The van der Waals surface area contributed by atoms with E-state index in [1.54, 1.807) is 23.7 Å². The topological polar surface area (TPSA) is 69.3 Å². The van der Waals surface area contributed by atoms with Crippen molar-refractivity contribution in [2.45, 2.75) is 40.3 Å². The summed E-state index contributed by atoms with van der Waals surface area (Å²) in [7, 11) is 0. The first-order valence-corrected chi connectivity index (χ1v) is 10.1. The maximum absolute atomic E-state index is 12.3. The monoisotopic (exact) mass is 435 g/mol. The highest BCUT2D eigenvalue weighted by Crippen LogP contribution is 2.25. The van der Waals surface area contributed by atoms with Crippen LogP contribution in [0.25, 0.3) is 0 Å². The van der Waals surface area contributed by atoms with Gasteiger partial charge in [-0.25, -0.2) is 0 Å². The Hall–Kier alpha value is -2.44. The summed E-state index contributed by atoms with van der Waals surface area (Å²) in [6, 6.07) is 9.41. The molecule has 0 radical (unpaired) electrons. The van der Waals surface area contributed by atoms with Crippen molar-refractivity contribution in [3.8, 4) is 5.75 Å².